The molecule has 0 saturated carbocycles. The average Bonchev–Trinajstić information content (AvgIpc) is 3.71. The van der Waals surface area contributed by atoms with Gasteiger partial charge in [-0.2, -0.15) is 0 Å². The van der Waals surface area contributed by atoms with Gasteiger partial charge in [-0.15, -0.1) is 21.5 Å². The van der Waals surface area contributed by atoms with Crippen LogP contribution in [0.2, 0.25) is 0 Å². The maximum absolute atomic E-state index is 13.2. The number of carbonyl (C=O) groups is 4. The minimum absolute atomic E-state index is 0.00378. The fraction of sp³-hybridized carbons (Fsp3) is 0.383. The van der Waals surface area contributed by atoms with Crippen LogP contribution in [0.15, 0.2) is 77.8 Å². The lowest BCUT2D eigenvalue weighted by Gasteiger charge is -2.40. The Balaban J connectivity index is 0.941. The number of amides is 3. The quantitative estimate of drug-likeness (QED) is 0.0839. The first-order valence-corrected chi connectivity index (χ1v) is 21.7. The van der Waals surface area contributed by atoms with Crippen LogP contribution in [0.1, 0.15) is 132 Å². The van der Waals surface area contributed by atoms with Crippen molar-refractivity contribution in [3.8, 4) is 5.00 Å². The summed E-state index contributed by atoms with van der Waals surface area (Å²) in [6.07, 6.45) is 1.76. The number of rotatable bonds is 12. The summed E-state index contributed by atoms with van der Waals surface area (Å²) in [5, 5.41) is 19.3. The SMILES string of the molecule is CCC(=O)N1c2ccccc2[C@H](Nc2ccc(C(=O)NCCCNC(=O)c3ccc(C4=N[C@@H](CC(=O)OC(C)(C)C)c5nnc(C)n5-c5sc(C)c(C)c54)cc3)cc2)C[C@@H]1C. The molecule has 0 spiro atoms. The van der Waals surface area contributed by atoms with Gasteiger partial charge in [0.2, 0.25) is 5.91 Å². The molecule has 2 aliphatic rings. The number of nitrogens with zero attached hydrogens (tertiary/aromatic N) is 5. The van der Waals surface area contributed by atoms with Gasteiger partial charge in [-0.1, -0.05) is 37.3 Å². The highest BCUT2D eigenvalue weighted by atomic mass is 32.1. The van der Waals surface area contributed by atoms with Crippen molar-refractivity contribution in [3.63, 3.8) is 0 Å². The summed E-state index contributed by atoms with van der Waals surface area (Å²) in [4.78, 5) is 60.2. The maximum atomic E-state index is 13.2. The molecule has 5 aromatic rings. The molecule has 0 radical (unpaired) electrons. The molecule has 4 heterocycles. The smallest absolute Gasteiger partial charge is 0.308 e. The number of para-hydroxylation sites is 1. The average molecular weight is 843 g/mol. The summed E-state index contributed by atoms with van der Waals surface area (Å²) in [5.41, 5.74) is 6.84. The van der Waals surface area contributed by atoms with E-state index in [1.807, 2.05) is 86.6 Å². The van der Waals surface area contributed by atoms with Gasteiger partial charge in [-0.05, 0) is 115 Å². The monoisotopic (exact) mass is 842 g/mol. The Hall–Kier alpha value is -6.15. The van der Waals surface area contributed by atoms with Gasteiger partial charge in [0.15, 0.2) is 5.82 Å². The number of aromatic nitrogens is 3. The molecule has 0 bridgehead atoms. The number of esters is 1. The van der Waals surface area contributed by atoms with Gasteiger partial charge in [0.25, 0.3) is 11.8 Å². The summed E-state index contributed by atoms with van der Waals surface area (Å²) < 4.78 is 7.67. The standard InChI is InChI=1S/C47H54N8O5S/c1-9-39(56)54-27(2)25-36(35-13-10-11-14-38(35)54)50-34-21-19-33(20-22-34)45(59)49-24-12-23-48-44(58)32-17-15-31(16-18-32)42-41-28(3)29(4)61-46(41)55-30(5)52-53-43(55)37(51-42)26-40(57)60-47(6,7)8/h10-11,13-22,27,36-37,50H,9,12,23-26H2,1-8H3,(H,48,58)(H,49,59)/t27-,36+,37-/m0/s1. The highest BCUT2D eigenvalue weighted by Gasteiger charge is 2.35. The van der Waals surface area contributed by atoms with Gasteiger partial charge in [-0.25, -0.2) is 0 Å². The molecule has 3 atom stereocenters. The second kappa shape index (κ2) is 17.8. The third-order valence-electron chi connectivity index (χ3n) is 11.0. The third kappa shape index (κ3) is 9.29. The number of benzene rings is 3. The normalized spacial score (nSPS) is 17.0. The molecule has 3 amide bonds. The second-order valence-electron chi connectivity index (χ2n) is 16.7. The number of thiophene rings is 1. The van der Waals surface area contributed by atoms with E-state index in [9.17, 15) is 19.2 Å². The number of hydrogen-bond donors (Lipinski definition) is 3. The molecule has 14 heteroatoms. The van der Waals surface area contributed by atoms with Crippen molar-refractivity contribution in [1.29, 1.82) is 0 Å². The zero-order valence-corrected chi connectivity index (χ0v) is 36.9. The van der Waals surface area contributed by atoms with Crippen LogP contribution >= 0.6 is 11.3 Å². The van der Waals surface area contributed by atoms with E-state index in [1.54, 1.807) is 35.6 Å². The first-order valence-electron chi connectivity index (χ1n) is 20.9. The molecule has 0 fully saturated rings. The Bertz CT molecular complexity index is 2480. The van der Waals surface area contributed by atoms with Crippen LogP contribution < -0.4 is 20.9 Å². The van der Waals surface area contributed by atoms with Gasteiger partial charge in [0.05, 0.1) is 18.2 Å². The van der Waals surface area contributed by atoms with Crippen molar-refractivity contribution in [2.24, 2.45) is 4.99 Å². The van der Waals surface area contributed by atoms with E-state index in [-0.39, 0.29) is 42.2 Å². The Morgan fingerprint density at radius 2 is 1.51 bits per heavy atom. The lowest BCUT2D eigenvalue weighted by atomic mass is 9.91. The highest BCUT2D eigenvalue weighted by Crippen LogP contribution is 2.41. The molecule has 0 aliphatic carbocycles. The maximum Gasteiger partial charge on any atom is 0.308 e. The number of aliphatic imine (C=N–C) groups is 1. The first-order chi connectivity index (χ1) is 29.1. The molecule has 7 rings (SSSR count). The molecule has 2 aliphatic heterocycles. The largest absolute Gasteiger partial charge is 0.460 e. The van der Waals surface area contributed by atoms with Crippen molar-refractivity contribution in [1.82, 2.24) is 25.4 Å². The highest BCUT2D eigenvalue weighted by molar-refractivity contribution is 7.15. The molecular weight excluding hydrogens is 789 g/mol. The Morgan fingerprint density at radius 1 is 0.869 bits per heavy atom. The Morgan fingerprint density at radius 3 is 2.15 bits per heavy atom. The molecule has 318 valence electrons. The first kappa shape index (κ1) is 43.0. The van der Waals surface area contributed by atoms with Crippen LogP contribution in [0, 0.1) is 20.8 Å². The lowest BCUT2D eigenvalue weighted by Crippen LogP contribution is -2.44. The minimum Gasteiger partial charge on any atom is -0.460 e. The summed E-state index contributed by atoms with van der Waals surface area (Å²) in [5.74, 6) is 0.600. The number of carbonyl (C=O) groups excluding carboxylic acids is 4. The number of ether oxygens (including phenoxy) is 1. The van der Waals surface area contributed by atoms with E-state index in [0.717, 1.165) is 49.9 Å². The number of anilines is 2. The van der Waals surface area contributed by atoms with Crippen LogP contribution in [0.4, 0.5) is 11.4 Å². The van der Waals surface area contributed by atoms with Gasteiger partial charge in [0.1, 0.15) is 22.5 Å². The predicted molar refractivity (Wildman–Crippen MR) is 239 cm³/mol. The van der Waals surface area contributed by atoms with Gasteiger partial charge in [-0.3, -0.25) is 28.7 Å². The zero-order chi connectivity index (χ0) is 43.6. The topological polar surface area (TPSA) is 160 Å². The van der Waals surface area contributed by atoms with Crippen LogP contribution in [0.5, 0.6) is 0 Å². The molecule has 3 N–H and O–H groups in total. The van der Waals surface area contributed by atoms with Gasteiger partial charge >= 0.3 is 5.97 Å². The Labute approximate surface area is 361 Å². The van der Waals surface area contributed by atoms with Crippen molar-refractivity contribution < 1.29 is 23.9 Å². The van der Waals surface area contributed by atoms with E-state index in [2.05, 4.69) is 53.0 Å². The number of fused-ring (bicyclic) bond motifs is 4. The van der Waals surface area contributed by atoms with E-state index < -0.39 is 11.6 Å². The van der Waals surface area contributed by atoms with Crippen LogP contribution in [0.25, 0.3) is 5.00 Å². The van der Waals surface area contributed by atoms with Crippen molar-refractivity contribution in [2.45, 2.75) is 105 Å². The van der Waals surface area contributed by atoms with Crippen molar-refractivity contribution >= 4 is 52.1 Å². The lowest BCUT2D eigenvalue weighted by molar-refractivity contribution is -0.155. The van der Waals surface area contributed by atoms with Crippen LogP contribution in [-0.2, 0) is 14.3 Å². The molecule has 0 unspecified atom stereocenters. The van der Waals surface area contributed by atoms with Gasteiger partial charge in [0, 0.05) is 64.1 Å². The van der Waals surface area contributed by atoms with Gasteiger partial charge < -0.3 is 25.6 Å². The summed E-state index contributed by atoms with van der Waals surface area (Å²) in [7, 11) is 0. The summed E-state index contributed by atoms with van der Waals surface area (Å²) >= 11 is 1.63. The Kier molecular flexibility index (Phi) is 12.6. The summed E-state index contributed by atoms with van der Waals surface area (Å²) in [6, 6.07) is 22.2. The number of nitrogens with one attached hydrogen (secondary N) is 3. The summed E-state index contributed by atoms with van der Waals surface area (Å²) in [6.45, 7) is 16.3. The van der Waals surface area contributed by atoms with E-state index in [0.29, 0.717) is 54.4 Å². The molecular formula is C47H54N8O5S. The molecule has 0 saturated heterocycles. The molecule has 13 nitrogen and oxygen atoms in total. The minimum atomic E-state index is -0.647. The van der Waals surface area contributed by atoms with E-state index in [4.69, 9.17) is 9.73 Å². The molecule has 2 aromatic heterocycles. The van der Waals surface area contributed by atoms with E-state index in [1.165, 1.54) is 0 Å². The van der Waals surface area contributed by atoms with Crippen molar-refractivity contribution in [3.05, 3.63) is 123 Å². The fourth-order valence-corrected chi connectivity index (χ4v) is 9.17. The predicted octanol–water partition coefficient (Wildman–Crippen LogP) is 8.12. The molecule has 3 aromatic carbocycles. The second-order valence-corrected chi connectivity index (χ2v) is 17.9. The molecule has 61 heavy (non-hydrogen) atoms. The fourth-order valence-electron chi connectivity index (χ4n) is 7.96. The van der Waals surface area contributed by atoms with Crippen LogP contribution in [-0.4, -0.2) is 68.9 Å². The third-order valence-corrected chi connectivity index (χ3v) is 12.2. The zero-order valence-electron chi connectivity index (χ0n) is 36.1. The number of aryl methyl sites for hydroxylation is 2. The van der Waals surface area contributed by atoms with E-state index >= 15 is 0 Å². The van der Waals surface area contributed by atoms with Crippen molar-refractivity contribution in [2.75, 3.05) is 23.3 Å². The number of hydrogen-bond acceptors (Lipinski definition) is 10. The van der Waals surface area contributed by atoms with Crippen LogP contribution in [0.3, 0.4) is 0 Å².